The van der Waals surface area contributed by atoms with E-state index in [-0.39, 0.29) is 0 Å². The second-order valence-corrected chi connectivity index (χ2v) is 6.85. The molecule has 3 aromatic rings. The van der Waals surface area contributed by atoms with Crippen LogP contribution in [-0.4, -0.2) is 9.97 Å². The van der Waals surface area contributed by atoms with Crippen LogP contribution in [0.5, 0.6) is 0 Å². The summed E-state index contributed by atoms with van der Waals surface area (Å²) in [5.74, 6) is 0.804. The molecule has 0 amide bonds. The number of hydrogen-bond donors (Lipinski definition) is 2. The van der Waals surface area contributed by atoms with Gasteiger partial charge in [0.15, 0.2) is 0 Å². The Labute approximate surface area is 158 Å². The molecule has 0 aliphatic rings. The van der Waals surface area contributed by atoms with Gasteiger partial charge in [0.1, 0.15) is 5.82 Å². The Kier molecular flexibility index (Phi) is 5.23. The number of benzene rings is 2. The minimum absolute atomic E-state index is 0.378. The highest BCUT2D eigenvalue weighted by atomic mass is 79.9. The van der Waals surface area contributed by atoms with E-state index < -0.39 is 0 Å². The molecule has 3 N–H and O–H groups in total. The summed E-state index contributed by atoms with van der Waals surface area (Å²) >= 11 is 15.8. The molecule has 0 fully saturated rings. The normalized spacial score (nSPS) is 10.6. The van der Waals surface area contributed by atoms with Crippen molar-refractivity contribution in [2.24, 2.45) is 0 Å². The Morgan fingerprint density at radius 1 is 1.00 bits per heavy atom. The van der Waals surface area contributed by atoms with E-state index in [1.807, 2.05) is 30.3 Å². The van der Waals surface area contributed by atoms with Crippen LogP contribution in [0, 0.1) is 0 Å². The molecule has 0 unspecified atom stereocenters. The van der Waals surface area contributed by atoms with E-state index in [4.69, 9.17) is 28.9 Å². The van der Waals surface area contributed by atoms with Crippen LogP contribution in [-0.2, 0) is 6.42 Å². The molecule has 2 aromatic carbocycles. The summed E-state index contributed by atoms with van der Waals surface area (Å²) in [5, 5.41) is 4.34. The lowest BCUT2D eigenvalue weighted by atomic mass is 10.1. The molecule has 0 saturated carbocycles. The number of nitrogens with one attached hydrogen (secondary N) is 1. The number of nitrogens with zero attached hydrogens (tertiary/aromatic N) is 2. The van der Waals surface area contributed by atoms with Crippen LogP contribution in [0.2, 0.25) is 10.0 Å². The molecule has 122 valence electrons. The fraction of sp³-hybridized carbons (Fsp3) is 0.0588. The fourth-order valence-electron chi connectivity index (χ4n) is 2.21. The van der Waals surface area contributed by atoms with E-state index in [0.29, 0.717) is 28.2 Å². The van der Waals surface area contributed by atoms with Crippen LogP contribution in [0.1, 0.15) is 11.3 Å². The van der Waals surface area contributed by atoms with Crippen molar-refractivity contribution in [1.29, 1.82) is 0 Å². The lowest BCUT2D eigenvalue weighted by molar-refractivity contribution is 1.04. The second-order valence-electron chi connectivity index (χ2n) is 5.12. The molecule has 0 radical (unpaired) electrons. The maximum Gasteiger partial charge on any atom is 0.229 e. The molecule has 0 aliphatic carbocycles. The number of aromatic nitrogens is 2. The van der Waals surface area contributed by atoms with Gasteiger partial charge in [-0.3, -0.25) is 0 Å². The molecule has 0 spiro atoms. The van der Waals surface area contributed by atoms with E-state index >= 15 is 0 Å². The topological polar surface area (TPSA) is 63.8 Å². The van der Waals surface area contributed by atoms with Gasteiger partial charge in [0, 0.05) is 32.7 Å². The monoisotopic (exact) mass is 422 g/mol. The SMILES string of the molecule is Nc1cc(Cc2c(Cl)cccc2Cl)nc(Nc2ccc(Br)cc2)n1. The van der Waals surface area contributed by atoms with E-state index in [1.54, 1.807) is 18.2 Å². The van der Waals surface area contributed by atoms with E-state index in [1.165, 1.54) is 0 Å². The summed E-state index contributed by atoms with van der Waals surface area (Å²) in [6.07, 6.45) is 0.472. The van der Waals surface area contributed by atoms with Crippen molar-refractivity contribution < 1.29 is 0 Å². The predicted molar refractivity (Wildman–Crippen MR) is 103 cm³/mol. The summed E-state index contributed by atoms with van der Waals surface area (Å²) < 4.78 is 0.996. The third-order valence-corrected chi connectivity index (χ3v) is 4.56. The van der Waals surface area contributed by atoms with E-state index in [9.17, 15) is 0 Å². The van der Waals surface area contributed by atoms with Crippen LogP contribution in [0.4, 0.5) is 17.5 Å². The number of halogens is 3. The third kappa shape index (κ3) is 4.17. The highest BCUT2D eigenvalue weighted by Gasteiger charge is 2.10. The Bertz CT molecular complexity index is 849. The standard InChI is InChI=1S/C17H13BrCl2N4/c18-10-4-6-11(7-5-10)22-17-23-12(9-16(21)24-17)8-13-14(19)2-1-3-15(13)20/h1-7,9H,8H2,(H3,21,22,23,24). The van der Waals surface area contributed by atoms with Crippen molar-refractivity contribution in [3.63, 3.8) is 0 Å². The molecule has 1 heterocycles. The zero-order chi connectivity index (χ0) is 17.1. The summed E-state index contributed by atoms with van der Waals surface area (Å²) in [6, 6.07) is 14.8. The van der Waals surface area contributed by atoms with Crippen LogP contribution in [0.15, 0.2) is 53.0 Å². The molecule has 7 heteroatoms. The van der Waals surface area contributed by atoms with Gasteiger partial charge in [-0.25, -0.2) is 4.98 Å². The van der Waals surface area contributed by atoms with Crippen LogP contribution in [0.25, 0.3) is 0 Å². The highest BCUT2D eigenvalue weighted by Crippen LogP contribution is 2.27. The van der Waals surface area contributed by atoms with Crippen molar-refractivity contribution in [2.75, 3.05) is 11.1 Å². The largest absolute Gasteiger partial charge is 0.384 e. The molecule has 4 nitrogen and oxygen atoms in total. The minimum Gasteiger partial charge on any atom is -0.384 e. The van der Waals surface area contributed by atoms with Gasteiger partial charge >= 0.3 is 0 Å². The average molecular weight is 424 g/mol. The van der Waals surface area contributed by atoms with E-state index in [0.717, 1.165) is 21.4 Å². The molecule has 1 aromatic heterocycles. The minimum atomic E-state index is 0.378. The highest BCUT2D eigenvalue weighted by molar-refractivity contribution is 9.10. The van der Waals surface area contributed by atoms with Crippen molar-refractivity contribution in [3.05, 3.63) is 74.3 Å². The van der Waals surface area contributed by atoms with Gasteiger partial charge in [-0.15, -0.1) is 0 Å². The van der Waals surface area contributed by atoms with Crippen LogP contribution >= 0.6 is 39.1 Å². The smallest absolute Gasteiger partial charge is 0.229 e. The Hall–Kier alpha value is -1.82. The summed E-state index contributed by atoms with van der Waals surface area (Å²) in [5.41, 5.74) is 8.32. The number of anilines is 3. The second kappa shape index (κ2) is 7.38. The van der Waals surface area contributed by atoms with E-state index in [2.05, 4.69) is 31.2 Å². The van der Waals surface area contributed by atoms with Gasteiger partial charge in [0.05, 0.1) is 5.69 Å². The van der Waals surface area contributed by atoms with Gasteiger partial charge in [-0.2, -0.15) is 4.98 Å². The average Bonchev–Trinajstić information content (AvgIpc) is 2.53. The number of rotatable bonds is 4. The quantitative estimate of drug-likeness (QED) is 0.584. The van der Waals surface area contributed by atoms with Crippen LogP contribution < -0.4 is 11.1 Å². The van der Waals surface area contributed by atoms with Gasteiger partial charge < -0.3 is 11.1 Å². The van der Waals surface area contributed by atoms with Gasteiger partial charge in [0.25, 0.3) is 0 Å². The van der Waals surface area contributed by atoms with Crippen molar-refractivity contribution >= 4 is 56.6 Å². The first-order valence-corrected chi connectivity index (χ1v) is 8.65. The predicted octanol–water partition coefficient (Wildman–Crippen LogP) is 5.46. The zero-order valence-electron chi connectivity index (χ0n) is 12.4. The Morgan fingerprint density at radius 3 is 2.33 bits per heavy atom. The third-order valence-electron chi connectivity index (χ3n) is 3.32. The maximum absolute atomic E-state index is 6.22. The first kappa shape index (κ1) is 17.0. The number of nitrogen functional groups attached to an aromatic ring is 1. The van der Waals surface area contributed by atoms with Gasteiger partial charge in [0.2, 0.25) is 5.95 Å². The van der Waals surface area contributed by atoms with Crippen LogP contribution in [0.3, 0.4) is 0 Å². The van der Waals surface area contributed by atoms with Gasteiger partial charge in [-0.05, 0) is 42.0 Å². The summed E-state index contributed by atoms with van der Waals surface area (Å²) in [6.45, 7) is 0. The fourth-order valence-corrected chi connectivity index (χ4v) is 3.01. The first-order valence-electron chi connectivity index (χ1n) is 7.10. The molecule has 3 rings (SSSR count). The lowest BCUT2D eigenvalue weighted by Crippen LogP contribution is -2.04. The molecular weight excluding hydrogens is 411 g/mol. The molecule has 24 heavy (non-hydrogen) atoms. The van der Waals surface area contributed by atoms with Crippen molar-refractivity contribution in [2.45, 2.75) is 6.42 Å². The Balaban J connectivity index is 1.87. The molecule has 0 atom stereocenters. The zero-order valence-corrected chi connectivity index (χ0v) is 15.5. The maximum atomic E-state index is 6.22. The first-order chi connectivity index (χ1) is 11.5. The summed E-state index contributed by atoms with van der Waals surface area (Å²) in [4.78, 5) is 8.71. The molecule has 0 aliphatic heterocycles. The molecular formula is C17H13BrCl2N4. The molecule has 0 saturated heterocycles. The van der Waals surface area contributed by atoms with Crippen molar-refractivity contribution in [3.8, 4) is 0 Å². The Morgan fingerprint density at radius 2 is 1.67 bits per heavy atom. The number of nitrogens with two attached hydrogens (primary N) is 1. The molecule has 0 bridgehead atoms. The summed E-state index contributed by atoms with van der Waals surface area (Å²) in [7, 11) is 0. The van der Waals surface area contributed by atoms with Gasteiger partial charge in [-0.1, -0.05) is 45.2 Å². The number of hydrogen-bond acceptors (Lipinski definition) is 4. The lowest BCUT2D eigenvalue weighted by Gasteiger charge is -2.10. The van der Waals surface area contributed by atoms with Crippen molar-refractivity contribution in [1.82, 2.24) is 9.97 Å².